The molecule has 0 spiro atoms. The van der Waals surface area contributed by atoms with Crippen LogP contribution in [0.4, 0.5) is 0 Å². The average molecular weight is 355 g/mol. The first-order valence-electron chi connectivity index (χ1n) is 9.41. The molecule has 0 saturated heterocycles. The van der Waals surface area contributed by atoms with Gasteiger partial charge in [-0.15, -0.1) is 0 Å². The number of fused-ring (bicyclic) bond motifs is 3. The highest BCUT2D eigenvalue weighted by Crippen LogP contribution is 2.38. The van der Waals surface area contributed by atoms with Crippen molar-refractivity contribution in [2.75, 3.05) is 26.9 Å². The van der Waals surface area contributed by atoms with E-state index in [1.54, 1.807) is 7.11 Å². The zero-order valence-corrected chi connectivity index (χ0v) is 16.2. The highest BCUT2D eigenvalue weighted by Gasteiger charge is 2.25. The van der Waals surface area contributed by atoms with Crippen LogP contribution in [-0.2, 0) is 9.57 Å². The van der Waals surface area contributed by atoms with Crippen molar-refractivity contribution in [3.63, 3.8) is 0 Å². The van der Waals surface area contributed by atoms with Crippen molar-refractivity contribution in [3.8, 4) is 16.9 Å². The molecule has 0 amide bonds. The highest BCUT2D eigenvalue weighted by molar-refractivity contribution is 6.24. The second-order valence-electron chi connectivity index (χ2n) is 5.63. The molecule has 3 rings (SSSR count). The number of nitrogens with zero attached hydrogens (tertiary/aromatic N) is 1. The zero-order valence-electron chi connectivity index (χ0n) is 16.2. The molecule has 26 heavy (non-hydrogen) atoms. The molecule has 0 bridgehead atoms. The summed E-state index contributed by atoms with van der Waals surface area (Å²) in [6.07, 6.45) is 2.00. The highest BCUT2D eigenvalue weighted by atomic mass is 16.6. The lowest BCUT2D eigenvalue weighted by Gasteiger charge is -2.08. The van der Waals surface area contributed by atoms with Gasteiger partial charge in [0.05, 0.1) is 6.61 Å². The Hall–Kier alpha value is -2.33. The number of rotatable bonds is 8. The van der Waals surface area contributed by atoms with Gasteiger partial charge in [-0.25, -0.2) is 0 Å². The minimum atomic E-state index is 0.690. The van der Waals surface area contributed by atoms with Gasteiger partial charge in [0.25, 0.3) is 0 Å². The summed E-state index contributed by atoms with van der Waals surface area (Å²) in [4.78, 5) is 5.05. The van der Waals surface area contributed by atoms with Gasteiger partial charge in [-0.2, -0.15) is 0 Å². The monoisotopic (exact) mass is 355 g/mol. The van der Waals surface area contributed by atoms with E-state index in [1.807, 2.05) is 39.0 Å². The largest absolute Gasteiger partial charge is 0.494 e. The standard InChI is InChI=1S/C20H23NO3.C2H6/c1-3-23-12-6-7-13-24-15-10-11-17-16-8-4-5-9-18(16)20(21-22-2)19(17)14-15;1-2/h4-5,8-11,14H,3,6-7,12-13H2,1-2H3;1-2H3/b21-20+;. The molecule has 2 aromatic rings. The number of unbranched alkanes of at least 4 members (excludes halogenated alkanes) is 1. The van der Waals surface area contributed by atoms with Crippen LogP contribution >= 0.6 is 0 Å². The SMILES string of the molecule is CC.CCOCCCCOc1ccc2c(c1)/C(=N/OC)c1ccccc1-2. The summed E-state index contributed by atoms with van der Waals surface area (Å²) in [7, 11) is 1.58. The van der Waals surface area contributed by atoms with Gasteiger partial charge >= 0.3 is 0 Å². The van der Waals surface area contributed by atoms with Crippen molar-refractivity contribution < 1.29 is 14.3 Å². The topological polar surface area (TPSA) is 40.0 Å². The molecule has 0 aliphatic heterocycles. The Morgan fingerprint density at radius 2 is 1.54 bits per heavy atom. The molecule has 2 aromatic carbocycles. The second-order valence-corrected chi connectivity index (χ2v) is 5.63. The first-order valence-corrected chi connectivity index (χ1v) is 9.41. The van der Waals surface area contributed by atoms with Crippen LogP contribution in [0, 0.1) is 0 Å². The molecule has 0 saturated carbocycles. The van der Waals surface area contributed by atoms with Gasteiger partial charge in [-0.3, -0.25) is 0 Å². The van der Waals surface area contributed by atoms with E-state index < -0.39 is 0 Å². The molecular weight excluding hydrogens is 326 g/mol. The quantitative estimate of drug-likeness (QED) is 0.407. The zero-order chi connectivity index (χ0) is 18.8. The minimum Gasteiger partial charge on any atom is -0.494 e. The van der Waals surface area contributed by atoms with Gasteiger partial charge in [-0.1, -0.05) is 43.3 Å². The van der Waals surface area contributed by atoms with E-state index in [0.717, 1.165) is 48.6 Å². The molecule has 1 aliphatic rings. The number of hydrogen-bond donors (Lipinski definition) is 0. The summed E-state index contributed by atoms with van der Waals surface area (Å²) in [5.74, 6) is 0.863. The van der Waals surface area contributed by atoms with E-state index in [1.165, 1.54) is 11.1 Å². The van der Waals surface area contributed by atoms with Crippen molar-refractivity contribution in [1.82, 2.24) is 0 Å². The molecule has 4 heteroatoms. The van der Waals surface area contributed by atoms with Crippen LogP contribution in [0.5, 0.6) is 5.75 Å². The third-order valence-corrected chi connectivity index (χ3v) is 4.06. The fraction of sp³-hybridized carbons (Fsp3) is 0.409. The van der Waals surface area contributed by atoms with E-state index in [-0.39, 0.29) is 0 Å². The fourth-order valence-electron chi connectivity index (χ4n) is 2.94. The molecule has 0 heterocycles. The third-order valence-electron chi connectivity index (χ3n) is 4.06. The molecule has 0 fully saturated rings. The average Bonchev–Trinajstić information content (AvgIpc) is 3.00. The maximum absolute atomic E-state index is 5.89. The molecule has 0 unspecified atom stereocenters. The van der Waals surface area contributed by atoms with Crippen molar-refractivity contribution >= 4 is 5.71 Å². The van der Waals surface area contributed by atoms with Gasteiger partial charge in [0.2, 0.25) is 0 Å². The number of ether oxygens (including phenoxy) is 2. The van der Waals surface area contributed by atoms with E-state index >= 15 is 0 Å². The Bertz CT molecular complexity index is 725. The summed E-state index contributed by atoms with van der Waals surface area (Å²) in [6.45, 7) is 8.27. The molecule has 0 radical (unpaired) electrons. The second kappa shape index (κ2) is 10.6. The summed E-state index contributed by atoms with van der Waals surface area (Å²) in [5.41, 5.74) is 5.38. The van der Waals surface area contributed by atoms with Crippen molar-refractivity contribution in [3.05, 3.63) is 53.6 Å². The van der Waals surface area contributed by atoms with E-state index in [4.69, 9.17) is 14.3 Å². The van der Waals surface area contributed by atoms with Gasteiger partial charge in [-0.05, 0) is 49.1 Å². The Balaban J connectivity index is 0.00000117. The van der Waals surface area contributed by atoms with E-state index in [2.05, 4.69) is 29.4 Å². The summed E-state index contributed by atoms with van der Waals surface area (Å²) in [5, 5.41) is 4.22. The van der Waals surface area contributed by atoms with Crippen molar-refractivity contribution in [2.24, 2.45) is 5.16 Å². The van der Waals surface area contributed by atoms with Gasteiger partial charge in [0.15, 0.2) is 0 Å². The lowest BCUT2D eigenvalue weighted by atomic mass is 10.1. The van der Waals surface area contributed by atoms with Gasteiger partial charge in [0.1, 0.15) is 18.6 Å². The van der Waals surface area contributed by atoms with Crippen LogP contribution in [0.1, 0.15) is 44.7 Å². The smallest absolute Gasteiger partial charge is 0.120 e. The van der Waals surface area contributed by atoms with Crippen LogP contribution in [-0.4, -0.2) is 32.6 Å². The first kappa shape index (κ1) is 20.0. The molecule has 140 valence electrons. The number of benzene rings is 2. The third kappa shape index (κ3) is 4.64. The van der Waals surface area contributed by atoms with E-state index in [0.29, 0.717) is 6.61 Å². The fourth-order valence-corrected chi connectivity index (χ4v) is 2.94. The molecule has 4 nitrogen and oxygen atoms in total. The Morgan fingerprint density at radius 3 is 2.27 bits per heavy atom. The van der Waals surface area contributed by atoms with Crippen LogP contribution in [0.25, 0.3) is 11.1 Å². The first-order chi connectivity index (χ1) is 12.8. The van der Waals surface area contributed by atoms with Crippen LogP contribution in [0.3, 0.4) is 0 Å². The molecular formula is C22H29NO3. The Labute approximate surface area is 156 Å². The van der Waals surface area contributed by atoms with Gasteiger partial charge in [0, 0.05) is 24.3 Å². The van der Waals surface area contributed by atoms with Gasteiger partial charge < -0.3 is 14.3 Å². The van der Waals surface area contributed by atoms with Crippen molar-refractivity contribution in [2.45, 2.75) is 33.6 Å². The lowest BCUT2D eigenvalue weighted by Crippen LogP contribution is -2.02. The van der Waals surface area contributed by atoms with Crippen LogP contribution < -0.4 is 4.74 Å². The summed E-state index contributed by atoms with van der Waals surface area (Å²) < 4.78 is 11.2. The number of oxime groups is 1. The molecule has 0 N–H and O–H groups in total. The summed E-state index contributed by atoms with van der Waals surface area (Å²) >= 11 is 0. The molecule has 0 aromatic heterocycles. The Kier molecular flexibility index (Phi) is 8.16. The maximum atomic E-state index is 5.89. The predicted molar refractivity (Wildman–Crippen MR) is 107 cm³/mol. The molecule has 0 atom stereocenters. The molecule has 1 aliphatic carbocycles. The number of hydrogen-bond acceptors (Lipinski definition) is 4. The minimum absolute atomic E-state index is 0.690. The predicted octanol–water partition coefficient (Wildman–Crippen LogP) is 5.29. The lowest BCUT2D eigenvalue weighted by molar-refractivity contribution is 0.138. The Morgan fingerprint density at radius 1 is 0.846 bits per heavy atom. The summed E-state index contributed by atoms with van der Waals surface area (Å²) in [6, 6.07) is 14.4. The van der Waals surface area contributed by atoms with Crippen molar-refractivity contribution in [1.29, 1.82) is 0 Å². The van der Waals surface area contributed by atoms with Crippen LogP contribution in [0.2, 0.25) is 0 Å². The maximum Gasteiger partial charge on any atom is 0.120 e. The van der Waals surface area contributed by atoms with Crippen LogP contribution in [0.15, 0.2) is 47.6 Å². The normalized spacial score (nSPS) is 12.8. The van der Waals surface area contributed by atoms with E-state index in [9.17, 15) is 0 Å².